The van der Waals surface area contributed by atoms with Crippen LogP contribution in [0.1, 0.15) is 58.4 Å². The molecule has 0 aliphatic heterocycles. The van der Waals surface area contributed by atoms with Crippen molar-refractivity contribution in [3.05, 3.63) is 48.2 Å². The molecule has 1 aromatic heterocycles. The van der Waals surface area contributed by atoms with E-state index >= 15 is 0 Å². The standard InChI is InChI=1S/C32H46N4O6/c1-32(2,3)42-31(40)34-20-22-10-12-24(13-11-22)29(37)35-27(30(38)39)19-23-8-6-9-25(18-23)26-14-15-28(33-21-26)41-17-7-16-36(4)5/h6,8-9,14-15,18,21-22,24,27H,7,10-13,16-17,19-20H2,1-5H3,(H,34,40)(H,35,37)(H,38,39)/t22-,24-,27-/m0/s1. The van der Waals surface area contributed by atoms with Crippen LogP contribution >= 0.6 is 0 Å². The van der Waals surface area contributed by atoms with E-state index in [4.69, 9.17) is 9.47 Å². The number of benzene rings is 1. The number of carbonyl (C=O) groups excluding carboxylic acids is 2. The van der Waals surface area contributed by atoms with Gasteiger partial charge in [-0.05, 0) is 90.1 Å². The van der Waals surface area contributed by atoms with Gasteiger partial charge in [-0.3, -0.25) is 4.79 Å². The minimum Gasteiger partial charge on any atom is -0.480 e. The first-order chi connectivity index (χ1) is 19.9. The number of hydrogen-bond donors (Lipinski definition) is 3. The zero-order chi connectivity index (χ0) is 30.7. The van der Waals surface area contributed by atoms with Crippen LogP contribution in [-0.4, -0.2) is 78.4 Å². The highest BCUT2D eigenvalue weighted by Gasteiger charge is 2.30. The molecular formula is C32H46N4O6. The van der Waals surface area contributed by atoms with Crippen LogP contribution < -0.4 is 15.4 Å². The monoisotopic (exact) mass is 582 g/mol. The molecule has 1 atom stereocenters. The van der Waals surface area contributed by atoms with Crippen molar-refractivity contribution in [1.29, 1.82) is 0 Å². The fourth-order valence-electron chi connectivity index (χ4n) is 4.97. The topological polar surface area (TPSA) is 130 Å². The molecule has 1 aromatic carbocycles. The van der Waals surface area contributed by atoms with Crippen molar-refractivity contribution >= 4 is 18.0 Å². The summed E-state index contributed by atoms with van der Waals surface area (Å²) in [5.41, 5.74) is 2.06. The van der Waals surface area contributed by atoms with Crippen LogP contribution in [0.2, 0.25) is 0 Å². The predicted octanol–water partition coefficient (Wildman–Crippen LogP) is 4.52. The van der Waals surface area contributed by atoms with Gasteiger partial charge >= 0.3 is 12.1 Å². The highest BCUT2D eigenvalue weighted by molar-refractivity contribution is 5.85. The molecule has 10 heteroatoms. The van der Waals surface area contributed by atoms with E-state index in [1.54, 1.807) is 6.20 Å². The third-order valence-corrected chi connectivity index (χ3v) is 7.20. The Labute approximate surface area is 249 Å². The molecule has 3 rings (SSSR count). The number of carboxylic acids is 1. The van der Waals surface area contributed by atoms with Crippen LogP contribution in [0.25, 0.3) is 11.1 Å². The van der Waals surface area contributed by atoms with E-state index in [-0.39, 0.29) is 24.2 Å². The van der Waals surface area contributed by atoms with Crippen molar-refractivity contribution in [2.75, 3.05) is 33.8 Å². The lowest BCUT2D eigenvalue weighted by Crippen LogP contribution is -2.46. The largest absolute Gasteiger partial charge is 0.480 e. The van der Waals surface area contributed by atoms with Crippen molar-refractivity contribution in [3.8, 4) is 17.0 Å². The van der Waals surface area contributed by atoms with Crippen LogP contribution in [0.4, 0.5) is 4.79 Å². The van der Waals surface area contributed by atoms with Crippen molar-refractivity contribution in [3.63, 3.8) is 0 Å². The Hall–Kier alpha value is -3.66. The second kappa shape index (κ2) is 15.5. The highest BCUT2D eigenvalue weighted by atomic mass is 16.6. The third-order valence-electron chi connectivity index (χ3n) is 7.20. The van der Waals surface area contributed by atoms with E-state index in [1.807, 2.05) is 71.3 Å². The van der Waals surface area contributed by atoms with E-state index in [1.165, 1.54) is 0 Å². The second-order valence-corrected chi connectivity index (χ2v) is 12.3. The summed E-state index contributed by atoms with van der Waals surface area (Å²) < 4.78 is 11.0. The second-order valence-electron chi connectivity index (χ2n) is 12.3. The number of rotatable bonds is 13. The minimum atomic E-state index is -1.07. The molecule has 42 heavy (non-hydrogen) atoms. The molecule has 2 aromatic rings. The lowest BCUT2D eigenvalue weighted by Gasteiger charge is -2.29. The Bertz CT molecular complexity index is 1170. The lowest BCUT2D eigenvalue weighted by atomic mass is 9.81. The minimum absolute atomic E-state index is 0.171. The van der Waals surface area contributed by atoms with E-state index in [2.05, 4.69) is 20.5 Å². The fourth-order valence-corrected chi connectivity index (χ4v) is 4.97. The van der Waals surface area contributed by atoms with Crippen LogP contribution in [0, 0.1) is 11.8 Å². The summed E-state index contributed by atoms with van der Waals surface area (Å²) in [7, 11) is 4.05. The van der Waals surface area contributed by atoms with E-state index in [9.17, 15) is 19.5 Å². The van der Waals surface area contributed by atoms with E-state index in [0.717, 1.165) is 42.5 Å². The number of hydrogen-bond acceptors (Lipinski definition) is 7. The van der Waals surface area contributed by atoms with Crippen molar-refractivity contribution in [1.82, 2.24) is 20.5 Å². The quantitative estimate of drug-likeness (QED) is 0.294. The molecule has 1 fully saturated rings. The average molecular weight is 583 g/mol. The summed E-state index contributed by atoms with van der Waals surface area (Å²) in [5.74, 6) is -0.719. The smallest absolute Gasteiger partial charge is 0.407 e. The number of carboxylic acid groups (broad SMARTS) is 1. The molecule has 1 aliphatic carbocycles. The van der Waals surface area contributed by atoms with Gasteiger partial charge in [-0.15, -0.1) is 0 Å². The molecule has 2 amide bonds. The van der Waals surface area contributed by atoms with Gasteiger partial charge in [0.2, 0.25) is 11.8 Å². The first-order valence-corrected chi connectivity index (χ1v) is 14.7. The number of alkyl carbamates (subject to hydrolysis) is 1. The summed E-state index contributed by atoms with van der Waals surface area (Å²) in [6.07, 6.45) is 5.25. The molecule has 3 N–H and O–H groups in total. The first kappa shape index (κ1) is 32.8. The third kappa shape index (κ3) is 11.3. The molecule has 1 heterocycles. The van der Waals surface area contributed by atoms with Gasteiger partial charge in [0.15, 0.2) is 0 Å². The van der Waals surface area contributed by atoms with E-state index < -0.39 is 23.7 Å². The Morgan fingerprint density at radius 1 is 1.07 bits per heavy atom. The molecule has 0 saturated heterocycles. The van der Waals surface area contributed by atoms with Gasteiger partial charge in [-0.1, -0.05) is 24.3 Å². The number of aromatic nitrogens is 1. The van der Waals surface area contributed by atoms with Crippen molar-refractivity contribution < 1.29 is 29.0 Å². The Morgan fingerprint density at radius 2 is 1.81 bits per heavy atom. The lowest BCUT2D eigenvalue weighted by molar-refractivity contribution is -0.142. The SMILES string of the molecule is CN(C)CCCOc1ccc(-c2cccc(C[C@H](NC(=O)[C@H]3CC[C@H](CNC(=O)OC(C)(C)C)CC3)C(=O)O)c2)cn1. The summed E-state index contributed by atoms with van der Waals surface area (Å²) in [4.78, 5) is 43.5. The summed E-state index contributed by atoms with van der Waals surface area (Å²) in [5, 5.41) is 15.4. The summed E-state index contributed by atoms with van der Waals surface area (Å²) >= 11 is 0. The first-order valence-electron chi connectivity index (χ1n) is 14.7. The van der Waals surface area contributed by atoms with Crippen LogP contribution in [0.3, 0.4) is 0 Å². The molecular weight excluding hydrogens is 536 g/mol. The van der Waals surface area contributed by atoms with Gasteiger partial charge < -0.3 is 30.1 Å². The molecule has 10 nitrogen and oxygen atoms in total. The Kier molecular flexibility index (Phi) is 12.2. The van der Waals surface area contributed by atoms with Gasteiger partial charge in [-0.2, -0.15) is 0 Å². The van der Waals surface area contributed by atoms with Crippen LogP contribution in [0.15, 0.2) is 42.6 Å². The average Bonchev–Trinajstić information content (AvgIpc) is 2.93. The van der Waals surface area contributed by atoms with E-state index in [0.29, 0.717) is 31.9 Å². The maximum absolute atomic E-state index is 13.0. The number of carbonyl (C=O) groups is 3. The summed E-state index contributed by atoms with van der Waals surface area (Å²) in [6.45, 7) is 7.49. The van der Waals surface area contributed by atoms with Gasteiger partial charge in [0.25, 0.3) is 0 Å². The molecule has 0 radical (unpaired) electrons. The van der Waals surface area contributed by atoms with Gasteiger partial charge in [0.1, 0.15) is 11.6 Å². The Balaban J connectivity index is 1.50. The molecule has 0 spiro atoms. The number of nitrogens with zero attached hydrogens (tertiary/aromatic N) is 2. The molecule has 0 unspecified atom stereocenters. The highest BCUT2D eigenvalue weighted by Crippen LogP contribution is 2.29. The van der Waals surface area contributed by atoms with Gasteiger partial charge in [0, 0.05) is 43.3 Å². The molecule has 1 saturated carbocycles. The molecule has 0 bridgehead atoms. The van der Waals surface area contributed by atoms with Crippen LogP contribution in [-0.2, 0) is 20.7 Å². The van der Waals surface area contributed by atoms with Gasteiger partial charge in [0.05, 0.1) is 6.61 Å². The van der Waals surface area contributed by atoms with Crippen LogP contribution in [0.5, 0.6) is 5.88 Å². The zero-order valence-corrected chi connectivity index (χ0v) is 25.5. The fraction of sp³-hybridized carbons (Fsp3) is 0.562. The number of pyridine rings is 1. The zero-order valence-electron chi connectivity index (χ0n) is 25.5. The normalized spacial score (nSPS) is 17.8. The number of aliphatic carboxylic acids is 1. The molecule has 230 valence electrons. The van der Waals surface area contributed by atoms with Crippen molar-refractivity contribution in [2.24, 2.45) is 11.8 Å². The van der Waals surface area contributed by atoms with Gasteiger partial charge in [-0.25, -0.2) is 14.6 Å². The Morgan fingerprint density at radius 3 is 2.43 bits per heavy atom. The molecule has 1 aliphatic rings. The summed E-state index contributed by atoms with van der Waals surface area (Å²) in [6, 6.07) is 10.4. The number of ether oxygens (including phenoxy) is 2. The number of nitrogens with one attached hydrogen (secondary N) is 2. The maximum atomic E-state index is 13.0. The number of amides is 2. The predicted molar refractivity (Wildman–Crippen MR) is 161 cm³/mol. The van der Waals surface area contributed by atoms with Crippen molar-refractivity contribution in [2.45, 2.75) is 70.9 Å². The maximum Gasteiger partial charge on any atom is 0.407 e.